The van der Waals surface area contributed by atoms with Crippen LogP contribution in [-0.2, 0) is 9.53 Å². The molecule has 0 amide bonds. The second-order valence-electron chi connectivity index (χ2n) is 4.73. The molecule has 2 rings (SSSR count). The van der Waals surface area contributed by atoms with Crippen molar-refractivity contribution < 1.29 is 9.53 Å². The van der Waals surface area contributed by atoms with Gasteiger partial charge in [0.25, 0.3) is 0 Å². The fourth-order valence-electron chi connectivity index (χ4n) is 1.85. The third kappa shape index (κ3) is 4.09. The minimum Gasteiger partial charge on any atom is -0.455 e. The summed E-state index contributed by atoms with van der Waals surface area (Å²) < 4.78 is 5.36. The molecular formula is C18H18O2. The highest BCUT2D eigenvalue weighted by Crippen LogP contribution is 2.16. The number of carbonyl (C=O) groups excluding carboxylic acids is 1. The monoisotopic (exact) mass is 266 g/mol. The minimum absolute atomic E-state index is 0.244. The van der Waals surface area contributed by atoms with Gasteiger partial charge in [-0.3, -0.25) is 0 Å². The normalized spacial score (nSPS) is 12.3. The van der Waals surface area contributed by atoms with Gasteiger partial charge in [-0.15, -0.1) is 0 Å². The lowest BCUT2D eigenvalue weighted by molar-refractivity contribution is -0.142. The average molecular weight is 266 g/mol. The Morgan fingerprint density at radius 1 is 1.05 bits per heavy atom. The summed E-state index contributed by atoms with van der Waals surface area (Å²) in [5.74, 6) is -0.332. The molecule has 0 spiro atoms. The molecule has 1 unspecified atom stereocenters. The van der Waals surface area contributed by atoms with Crippen molar-refractivity contribution in [3.63, 3.8) is 0 Å². The highest BCUT2D eigenvalue weighted by molar-refractivity contribution is 5.87. The molecule has 2 aromatic rings. The second-order valence-corrected chi connectivity index (χ2v) is 4.73. The van der Waals surface area contributed by atoms with Crippen LogP contribution in [0.2, 0.25) is 0 Å². The molecule has 2 heteroatoms. The molecule has 0 radical (unpaired) electrons. The molecular weight excluding hydrogens is 248 g/mol. The fraction of sp³-hybridized carbons (Fsp3) is 0.167. The summed E-state index contributed by atoms with van der Waals surface area (Å²) in [6.45, 7) is 3.90. The summed E-state index contributed by atoms with van der Waals surface area (Å²) >= 11 is 0. The van der Waals surface area contributed by atoms with Crippen molar-refractivity contribution in [1.29, 1.82) is 0 Å². The minimum atomic E-state index is -0.332. The molecule has 0 saturated heterocycles. The van der Waals surface area contributed by atoms with Gasteiger partial charge in [0, 0.05) is 6.08 Å². The fourth-order valence-corrected chi connectivity index (χ4v) is 1.85. The van der Waals surface area contributed by atoms with Gasteiger partial charge in [0.05, 0.1) is 0 Å². The van der Waals surface area contributed by atoms with Crippen molar-refractivity contribution in [1.82, 2.24) is 0 Å². The topological polar surface area (TPSA) is 26.3 Å². The number of carbonyl (C=O) groups is 1. The van der Waals surface area contributed by atoms with E-state index in [0.717, 1.165) is 11.1 Å². The van der Waals surface area contributed by atoms with Crippen LogP contribution in [0.15, 0.2) is 60.7 Å². The van der Waals surface area contributed by atoms with Crippen LogP contribution in [-0.4, -0.2) is 5.97 Å². The Morgan fingerprint density at radius 2 is 1.70 bits per heavy atom. The molecule has 20 heavy (non-hydrogen) atoms. The lowest BCUT2D eigenvalue weighted by Crippen LogP contribution is -2.05. The molecule has 0 fully saturated rings. The lowest BCUT2D eigenvalue weighted by atomic mass is 10.1. The molecule has 2 aromatic carbocycles. The second kappa shape index (κ2) is 6.71. The SMILES string of the molecule is Cc1ccc(/C=C/C(=O)OC(C)c2ccccc2)cc1. The summed E-state index contributed by atoms with van der Waals surface area (Å²) in [6, 6.07) is 17.7. The maximum Gasteiger partial charge on any atom is 0.331 e. The highest BCUT2D eigenvalue weighted by Gasteiger charge is 2.08. The number of hydrogen-bond acceptors (Lipinski definition) is 2. The highest BCUT2D eigenvalue weighted by atomic mass is 16.5. The summed E-state index contributed by atoms with van der Waals surface area (Å²) in [6.07, 6.45) is 2.98. The third-order valence-electron chi connectivity index (χ3n) is 3.05. The van der Waals surface area contributed by atoms with E-state index in [4.69, 9.17) is 4.74 Å². The van der Waals surface area contributed by atoms with Crippen molar-refractivity contribution in [2.45, 2.75) is 20.0 Å². The van der Waals surface area contributed by atoms with Gasteiger partial charge in [-0.05, 0) is 31.1 Å². The zero-order valence-electron chi connectivity index (χ0n) is 11.7. The molecule has 0 aliphatic heterocycles. The van der Waals surface area contributed by atoms with E-state index < -0.39 is 0 Å². The van der Waals surface area contributed by atoms with E-state index in [9.17, 15) is 4.79 Å². The van der Waals surface area contributed by atoms with Crippen molar-refractivity contribution in [3.8, 4) is 0 Å². The van der Waals surface area contributed by atoms with Crippen molar-refractivity contribution >= 4 is 12.0 Å². The molecule has 0 bridgehead atoms. The van der Waals surface area contributed by atoms with Gasteiger partial charge in [0.2, 0.25) is 0 Å². The predicted molar refractivity (Wildman–Crippen MR) is 81.2 cm³/mol. The Labute approximate surface area is 119 Å². The number of esters is 1. The summed E-state index contributed by atoms with van der Waals surface area (Å²) in [5, 5.41) is 0. The first kappa shape index (κ1) is 14.1. The zero-order valence-corrected chi connectivity index (χ0v) is 11.7. The van der Waals surface area contributed by atoms with Crippen molar-refractivity contribution in [2.24, 2.45) is 0 Å². The van der Waals surface area contributed by atoms with Gasteiger partial charge >= 0.3 is 5.97 Å². The quantitative estimate of drug-likeness (QED) is 0.608. The van der Waals surface area contributed by atoms with E-state index in [1.54, 1.807) is 6.08 Å². The van der Waals surface area contributed by atoms with Crippen molar-refractivity contribution in [2.75, 3.05) is 0 Å². The van der Waals surface area contributed by atoms with E-state index in [2.05, 4.69) is 0 Å². The van der Waals surface area contributed by atoms with Gasteiger partial charge in [-0.2, -0.15) is 0 Å². The van der Waals surface area contributed by atoms with Crippen LogP contribution in [0, 0.1) is 6.92 Å². The van der Waals surface area contributed by atoms with E-state index >= 15 is 0 Å². The molecule has 1 atom stereocenters. The predicted octanol–water partition coefficient (Wildman–Crippen LogP) is 4.31. The summed E-state index contributed by atoms with van der Waals surface area (Å²) in [5.41, 5.74) is 3.17. The van der Waals surface area contributed by atoms with E-state index in [-0.39, 0.29) is 12.1 Å². The zero-order chi connectivity index (χ0) is 14.4. The van der Waals surface area contributed by atoms with Gasteiger partial charge in [0.1, 0.15) is 6.10 Å². The van der Waals surface area contributed by atoms with E-state index in [1.165, 1.54) is 11.6 Å². The van der Waals surface area contributed by atoms with Crippen LogP contribution in [0.1, 0.15) is 29.7 Å². The number of hydrogen-bond donors (Lipinski definition) is 0. The van der Waals surface area contributed by atoms with Crippen LogP contribution in [0.4, 0.5) is 0 Å². The molecule has 0 saturated carbocycles. The smallest absolute Gasteiger partial charge is 0.331 e. The first-order chi connectivity index (χ1) is 9.65. The first-order valence-electron chi connectivity index (χ1n) is 6.65. The molecule has 0 aliphatic carbocycles. The van der Waals surface area contributed by atoms with Crippen molar-refractivity contribution in [3.05, 3.63) is 77.4 Å². The average Bonchev–Trinajstić information content (AvgIpc) is 2.47. The largest absolute Gasteiger partial charge is 0.455 e. The van der Waals surface area contributed by atoms with E-state index in [0.29, 0.717) is 0 Å². The number of ether oxygens (including phenoxy) is 1. The van der Waals surface area contributed by atoms with Gasteiger partial charge in [0.15, 0.2) is 0 Å². The Kier molecular flexibility index (Phi) is 4.72. The first-order valence-corrected chi connectivity index (χ1v) is 6.65. The maximum atomic E-state index is 11.8. The number of aryl methyl sites for hydroxylation is 1. The Morgan fingerprint density at radius 3 is 2.35 bits per heavy atom. The Balaban J connectivity index is 1.94. The number of benzene rings is 2. The van der Waals surface area contributed by atoms with Crippen LogP contribution in [0.3, 0.4) is 0 Å². The van der Waals surface area contributed by atoms with E-state index in [1.807, 2.05) is 68.4 Å². The number of rotatable bonds is 4. The molecule has 102 valence electrons. The Hall–Kier alpha value is -2.35. The maximum absolute atomic E-state index is 11.8. The van der Waals surface area contributed by atoms with Crippen LogP contribution in [0.5, 0.6) is 0 Å². The van der Waals surface area contributed by atoms with Crippen LogP contribution in [0.25, 0.3) is 6.08 Å². The molecule has 0 heterocycles. The van der Waals surface area contributed by atoms with Gasteiger partial charge in [-0.1, -0.05) is 60.2 Å². The molecule has 0 N–H and O–H groups in total. The lowest BCUT2D eigenvalue weighted by Gasteiger charge is -2.11. The van der Waals surface area contributed by atoms with Crippen LogP contribution >= 0.6 is 0 Å². The van der Waals surface area contributed by atoms with Crippen LogP contribution < -0.4 is 0 Å². The molecule has 0 aliphatic rings. The Bertz CT molecular complexity index is 583. The molecule has 0 aromatic heterocycles. The summed E-state index contributed by atoms with van der Waals surface area (Å²) in [4.78, 5) is 11.8. The van der Waals surface area contributed by atoms with Gasteiger partial charge < -0.3 is 4.74 Å². The standard InChI is InChI=1S/C18H18O2/c1-14-8-10-16(11-9-14)12-13-18(19)20-15(2)17-6-4-3-5-7-17/h3-13,15H,1-2H3/b13-12+. The van der Waals surface area contributed by atoms with Gasteiger partial charge in [-0.25, -0.2) is 4.79 Å². The molecule has 2 nitrogen and oxygen atoms in total. The third-order valence-corrected chi connectivity index (χ3v) is 3.05. The summed E-state index contributed by atoms with van der Waals surface area (Å²) in [7, 11) is 0.